The zero-order chi connectivity index (χ0) is 34.2. The van der Waals surface area contributed by atoms with E-state index in [1.807, 2.05) is 30.6 Å². The molecule has 254 valence electrons. The Balaban J connectivity index is 0.000000251. The molecule has 2 heterocycles. The first-order chi connectivity index (χ1) is 21.4. The molecule has 0 unspecified atom stereocenters. The number of carbonyl (C=O) groups is 2. The van der Waals surface area contributed by atoms with Crippen LogP contribution in [0.5, 0.6) is 0 Å². The van der Waals surface area contributed by atoms with Crippen LogP contribution in [0.3, 0.4) is 0 Å². The van der Waals surface area contributed by atoms with Gasteiger partial charge in [0.15, 0.2) is 5.82 Å². The lowest BCUT2D eigenvalue weighted by Gasteiger charge is -2.21. The van der Waals surface area contributed by atoms with E-state index in [4.69, 9.17) is 15.2 Å². The molecule has 0 radical (unpaired) electrons. The first-order valence-electron chi connectivity index (χ1n) is 15.3. The fourth-order valence-corrected chi connectivity index (χ4v) is 5.17. The van der Waals surface area contributed by atoms with Crippen LogP contribution in [-0.2, 0) is 9.47 Å². The van der Waals surface area contributed by atoms with Crippen LogP contribution in [0.4, 0.5) is 41.1 Å². The van der Waals surface area contributed by atoms with Crippen LogP contribution >= 0.6 is 0 Å². The van der Waals surface area contributed by atoms with Gasteiger partial charge in [0.25, 0.3) is 5.69 Å². The number of nitro groups is 1. The lowest BCUT2D eigenvalue weighted by atomic mass is 10.1. The Morgan fingerprint density at radius 2 is 1.28 bits per heavy atom. The minimum atomic E-state index is -0.621. The highest BCUT2D eigenvalue weighted by Gasteiger charge is 2.27. The SMILES string of the molecule is CC(C)(C)OC(=O)NC[C@H]1CCN(c2ccc(N)cc2F)C1.CC(C)(C)OC(=O)NC[C@H]1CCN(c2ccc([N+](=O)[O-])cc2F)C1. The summed E-state index contributed by atoms with van der Waals surface area (Å²) in [6, 6.07) is 8.39. The van der Waals surface area contributed by atoms with Crippen molar-refractivity contribution < 1.29 is 32.8 Å². The minimum Gasteiger partial charge on any atom is -0.444 e. The fourth-order valence-electron chi connectivity index (χ4n) is 5.17. The molecule has 2 saturated heterocycles. The number of nitro benzene ring substituents is 1. The first-order valence-corrected chi connectivity index (χ1v) is 15.3. The van der Waals surface area contributed by atoms with Crippen molar-refractivity contribution in [3.05, 3.63) is 58.1 Å². The molecule has 4 rings (SSSR count). The number of amides is 2. The summed E-state index contributed by atoms with van der Waals surface area (Å²) in [6.07, 6.45) is 0.818. The highest BCUT2D eigenvalue weighted by molar-refractivity contribution is 5.68. The van der Waals surface area contributed by atoms with Crippen molar-refractivity contribution in [3.63, 3.8) is 0 Å². The molecule has 12 nitrogen and oxygen atoms in total. The molecular weight excluding hydrogens is 602 g/mol. The number of nitrogens with one attached hydrogen (secondary N) is 2. The lowest BCUT2D eigenvalue weighted by molar-refractivity contribution is -0.385. The maximum atomic E-state index is 14.1. The van der Waals surface area contributed by atoms with Gasteiger partial charge >= 0.3 is 12.2 Å². The number of hydrogen-bond acceptors (Lipinski definition) is 9. The topological polar surface area (TPSA) is 152 Å². The maximum absolute atomic E-state index is 14.1. The zero-order valence-electron chi connectivity index (χ0n) is 27.4. The van der Waals surface area contributed by atoms with Crippen molar-refractivity contribution in [2.75, 3.05) is 54.8 Å². The number of alkyl carbamates (subject to hydrolysis) is 2. The number of nitrogen functional groups attached to an aromatic ring is 1. The van der Waals surface area contributed by atoms with Gasteiger partial charge in [-0.1, -0.05) is 0 Å². The first kappa shape index (κ1) is 36.1. The Labute approximate surface area is 268 Å². The summed E-state index contributed by atoms with van der Waals surface area (Å²) in [6.45, 7) is 14.5. The lowest BCUT2D eigenvalue weighted by Crippen LogP contribution is -2.36. The largest absolute Gasteiger partial charge is 0.444 e. The molecule has 0 aliphatic carbocycles. The molecule has 46 heavy (non-hydrogen) atoms. The van der Waals surface area contributed by atoms with Gasteiger partial charge in [-0.3, -0.25) is 10.1 Å². The van der Waals surface area contributed by atoms with Crippen molar-refractivity contribution in [3.8, 4) is 0 Å². The molecule has 2 aromatic carbocycles. The molecule has 2 aliphatic heterocycles. The average Bonchev–Trinajstić information content (AvgIpc) is 3.59. The van der Waals surface area contributed by atoms with Crippen molar-refractivity contribution in [2.24, 2.45) is 11.8 Å². The number of anilines is 3. The van der Waals surface area contributed by atoms with E-state index >= 15 is 0 Å². The van der Waals surface area contributed by atoms with E-state index in [1.165, 1.54) is 18.2 Å². The van der Waals surface area contributed by atoms with Gasteiger partial charge in [0.2, 0.25) is 0 Å². The average molecular weight is 649 g/mol. The number of halogens is 2. The molecular formula is C32H46F2N6O6. The molecule has 0 aromatic heterocycles. The Morgan fingerprint density at radius 3 is 1.67 bits per heavy atom. The van der Waals surface area contributed by atoms with Crippen LogP contribution in [0.1, 0.15) is 54.4 Å². The summed E-state index contributed by atoms with van der Waals surface area (Å²) < 4.78 is 38.4. The number of benzene rings is 2. The Bertz CT molecular complexity index is 1380. The van der Waals surface area contributed by atoms with Crippen LogP contribution in [0.2, 0.25) is 0 Å². The summed E-state index contributed by atoms with van der Waals surface area (Å²) in [4.78, 5) is 37.1. The molecule has 2 fully saturated rings. The monoisotopic (exact) mass is 648 g/mol. The van der Waals surface area contributed by atoms with Gasteiger partial charge in [0.05, 0.1) is 22.4 Å². The third kappa shape index (κ3) is 11.5. The summed E-state index contributed by atoms with van der Waals surface area (Å²) >= 11 is 0. The van der Waals surface area contributed by atoms with Crippen LogP contribution < -0.4 is 26.2 Å². The quantitative estimate of drug-likeness (QED) is 0.191. The van der Waals surface area contributed by atoms with E-state index in [0.717, 1.165) is 25.5 Å². The highest BCUT2D eigenvalue weighted by Crippen LogP contribution is 2.29. The maximum Gasteiger partial charge on any atom is 0.407 e. The molecule has 2 aromatic rings. The van der Waals surface area contributed by atoms with Crippen LogP contribution in [0.15, 0.2) is 36.4 Å². The number of carbonyl (C=O) groups excluding carboxylic acids is 2. The Kier molecular flexibility index (Phi) is 12.0. The van der Waals surface area contributed by atoms with Gasteiger partial charge in [-0.05, 0) is 90.5 Å². The number of non-ortho nitro benzene ring substituents is 1. The molecule has 0 saturated carbocycles. The predicted molar refractivity (Wildman–Crippen MR) is 173 cm³/mol. The second kappa shape index (κ2) is 15.3. The summed E-state index contributed by atoms with van der Waals surface area (Å²) in [5, 5.41) is 16.2. The molecule has 0 bridgehead atoms. The van der Waals surface area contributed by atoms with Gasteiger partial charge < -0.3 is 35.6 Å². The predicted octanol–water partition coefficient (Wildman–Crippen LogP) is 5.84. The van der Waals surface area contributed by atoms with E-state index in [1.54, 1.807) is 32.9 Å². The number of nitrogens with two attached hydrogens (primary N) is 1. The molecule has 2 atom stereocenters. The minimum absolute atomic E-state index is 0.173. The van der Waals surface area contributed by atoms with Crippen molar-refractivity contribution in [1.29, 1.82) is 0 Å². The van der Waals surface area contributed by atoms with Gasteiger partial charge in [0.1, 0.15) is 17.0 Å². The third-order valence-corrected chi connectivity index (χ3v) is 7.23. The number of rotatable bonds is 7. The summed E-state index contributed by atoms with van der Waals surface area (Å²) in [5.74, 6) is -0.456. The van der Waals surface area contributed by atoms with Crippen LogP contribution in [0.25, 0.3) is 0 Å². The molecule has 0 spiro atoms. The van der Waals surface area contributed by atoms with E-state index < -0.39 is 34.1 Å². The molecule has 2 amide bonds. The van der Waals surface area contributed by atoms with Gasteiger partial charge in [-0.2, -0.15) is 0 Å². The van der Waals surface area contributed by atoms with Gasteiger partial charge in [0, 0.05) is 51.0 Å². The standard InChI is InChI=1S/C16H22FN3O4.C16H24FN3O2/c1-16(2,3)24-15(21)18-9-11-6-7-19(10-11)14-5-4-12(20(22)23)8-13(14)17;1-16(2,3)22-15(21)19-9-11-6-7-20(10-11)14-5-4-12(18)8-13(14)17/h4-5,8,11H,6-7,9-10H2,1-3H3,(H,18,21);4-5,8,11H,6-7,9-10,18H2,1-3H3,(H,19,21)/t2*11-/m11/s1. The highest BCUT2D eigenvalue weighted by atomic mass is 19.1. The van der Waals surface area contributed by atoms with E-state index in [2.05, 4.69) is 10.6 Å². The number of nitrogens with zero attached hydrogens (tertiary/aromatic N) is 3. The normalized spacial score (nSPS) is 18.0. The van der Waals surface area contributed by atoms with Crippen molar-refractivity contribution in [1.82, 2.24) is 10.6 Å². The Morgan fingerprint density at radius 1 is 0.848 bits per heavy atom. The third-order valence-electron chi connectivity index (χ3n) is 7.23. The van der Waals surface area contributed by atoms with E-state index in [0.29, 0.717) is 49.8 Å². The van der Waals surface area contributed by atoms with E-state index in [9.17, 15) is 28.5 Å². The van der Waals surface area contributed by atoms with Gasteiger partial charge in [-0.25, -0.2) is 18.4 Å². The number of hydrogen-bond donors (Lipinski definition) is 3. The fraction of sp³-hybridized carbons (Fsp3) is 0.562. The van der Waals surface area contributed by atoms with Gasteiger partial charge in [-0.15, -0.1) is 0 Å². The molecule has 14 heteroatoms. The summed E-state index contributed by atoms with van der Waals surface area (Å²) in [5.41, 5.74) is 5.58. The molecule has 2 aliphatic rings. The second-order valence-electron chi connectivity index (χ2n) is 13.6. The summed E-state index contributed by atoms with van der Waals surface area (Å²) in [7, 11) is 0. The van der Waals surface area contributed by atoms with Crippen molar-refractivity contribution in [2.45, 2.75) is 65.6 Å². The zero-order valence-corrected chi connectivity index (χ0v) is 27.4. The number of ether oxygens (including phenoxy) is 2. The Hall–Kier alpha value is -4.36. The smallest absolute Gasteiger partial charge is 0.407 e. The van der Waals surface area contributed by atoms with Crippen molar-refractivity contribution >= 4 is 34.9 Å². The second-order valence-corrected chi connectivity index (χ2v) is 13.6. The molecule has 4 N–H and O–H groups in total. The van der Waals surface area contributed by atoms with Crippen LogP contribution in [0, 0.1) is 33.6 Å². The van der Waals surface area contributed by atoms with Crippen LogP contribution in [-0.4, -0.2) is 67.6 Å². The van der Waals surface area contributed by atoms with E-state index in [-0.39, 0.29) is 23.3 Å².